The van der Waals surface area contributed by atoms with Crippen molar-refractivity contribution >= 4 is 6.08 Å². The zero-order valence-electron chi connectivity index (χ0n) is 17.2. The van der Waals surface area contributed by atoms with Gasteiger partial charge in [-0.15, -0.1) is 0 Å². The van der Waals surface area contributed by atoms with Crippen molar-refractivity contribution in [2.24, 2.45) is 11.3 Å². The molecule has 2 aliphatic carbocycles. The summed E-state index contributed by atoms with van der Waals surface area (Å²) >= 11 is 0. The molecule has 0 aromatic heterocycles. The summed E-state index contributed by atoms with van der Waals surface area (Å²) < 4.78 is 0. The lowest BCUT2D eigenvalue weighted by molar-refractivity contribution is -0.0145. The minimum atomic E-state index is -0.589. The maximum atomic E-state index is 9.64. The number of hydrogen-bond acceptors (Lipinski definition) is 4. The zero-order chi connectivity index (χ0) is 19.6. The number of aliphatic hydroxyl groups is 2. The van der Waals surface area contributed by atoms with Crippen LogP contribution in [0, 0.1) is 11.3 Å². The van der Waals surface area contributed by atoms with E-state index >= 15 is 0 Å². The summed E-state index contributed by atoms with van der Waals surface area (Å²) in [4.78, 5) is 2.31. The molecule has 4 heteroatoms. The molecule has 3 fully saturated rings. The van der Waals surface area contributed by atoms with Crippen molar-refractivity contribution < 1.29 is 10.2 Å². The molecule has 154 valence electrons. The fraction of sp³-hybridized carbons (Fsp3) is 0.667. The SMILES string of the molecule is CC/C(=C\c1ccccc1)[C@H]1C[C@@H]1NC1CC2(CCN(C[C@@H](O)CO)CC2)C1. The number of nitrogens with zero attached hydrogens (tertiary/aromatic N) is 1. The number of piperidine rings is 1. The monoisotopic (exact) mass is 384 g/mol. The van der Waals surface area contributed by atoms with Crippen molar-refractivity contribution in [1.29, 1.82) is 0 Å². The molecule has 0 bridgehead atoms. The Bertz CT molecular complexity index is 658. The van der Waals surface area contributed by atoms with Gasteiger partial charge < -0.3 is 20.4 Å². The Balaban J connectivity index is 1.21. The lowest BCUT2D eigenvalue weighted by Crippen LogP contribution is -2.55. The predicted octanol–water partition coefficient (Wildman–Crippen LogP) is 3.06. The second-order valence-corrected chi connectivity index (χ2v) is 9.34. The number of nitrogens with one attached hydrogen (secondary N) is 1. The number of β-amino-alcohol motifs (C(OH)–C–C–N with tert-alkyl or cyclic N) is 1. The highest BCUT2D eigenvalue weighted by Gasteiger charge is 2.49. The Morgan fingerprint density at radius 3 is 2.61 bits per heavy atom. The van der Waals surface area contributed by atoms with E-state index in [9.17, 15) is 5.11 Å². The second kappa shape index (κ2) is 8.66. The Labute approximate surface area is 169 Å². The molecule has 3 atom stereocenters. The van der Waals surface area contributed by atoms with Gasteiger partial charge in [-0.25, -0.2) is 0 Å². The summed E-state index contributed by atoms with van der Waals surface area (Å²) in [6.07, 6.45) is 9.35. The van der Waals surface area contributed by atoms with E-state index in [-0.39, 0.29) is 6.61 Å². The molecule has 1 spiro atoms. The summed E-state index contributed by atoms with van der Waals surface area (Å²) in [5, 5.41) is 22.6. The van der Waals surface area contributed by atoms with E-state index in [1.54, 1.807) is 5.57 Å². The van der Waals surface area contributed by atoms with Gasteiger partial charge in [0.1, 0.15) is 0 Å². The van der Waals surface area contributed by atoms with Gasteiger partial charge in [0.15, 0.2) is 0 Å². The van der Waals surface area contributed by atoms with Crippen LogP contribution >= 0.6 is 0 Å². The van der Waals surface area contributed by atoms with Crippen molar-refractivity contribution in [3.63, 3.8) is 0 Å². The molecule has 1 aliphatic heterocycles. The Morgan fingerprint density at radius 1 is 1.25 bits per heavy atom. The van der Waals surface area contributed by atoms with Gasteiger partial charge in [-0.1, -0.05) is 48.9 Å². The van der Waals surface area contributed by atoms with E-state index in [0.29, 0.717) is 24.0 Å². The van der Waals surface area contributed by atoms with E-state index in [2.05, 4.69) is 53.5 Å². The first-order valence-electron chi connectivity index (χ1n) is 11.1. The van der Waals surface area contributed by atoms with Crippen LogP contribution in [0.5, 0.6) is 0 Å². The number of rotatable bonds is 8. The molecule has 4 nitrogen and oxygen atoms in total. The molecule has 4 rings (SSSR count). The minimum Gasteiger partial charge on any atom is -0.394 e. The molecule has 1 saturated heterocycles. The minimum absolute atomic E-state index is 0.130. The largest absolute Gasteiger partial charge is 0.394 e. The third kappa shape index (κ3) is 4.68. The lowest BCUT2D eigenvalue weighted by atomic mass is 9.60. The van der Waals surface area contributed by atoms with E-state index in [4.69, 9.17) is 5.11 Å². The highest BCUT2D eigenvalue weighted by Crippen LogP contribution is 2.51. The average molecular weight is 385 g/mol. The number of likely N-dealkylation sites (tertiary alicyclic amines) is 1. The second-order valence-electron chi connectivity index (χ2n) is 9.34. The first-order valence-corrected chi connectivity index (χ1v) is 11.1. The molecule has 0 radical (unpaired) electrons. The zero-order valence-corrected chi connectivity index (χ0v) is 17.2. The summed E-state index contributed by atoms with van der Waals surface area (Å²) in [6, 6.07) is 12.1. The number of hydrogen-bond donors (Lipinski definition) is 3. The maximum absolute atomic E-state index is 9.64. The van der Waals surface area contributed by atoms with Crippen LogP contribution in [0.4, 0.5) is 0 Å². The van der Waals surface area contributed by atoms with Crippen LogP contribution < -0.4 is 5.32 Å². The molecule has 28 heavy (non-hydrogen) atoms. The van der Waals surface area contributed by atoms with Crippen molar-refractivity contribution in [1.82, 2.24) is 10.2 Å². The summed E-state index contributed by atoms with van der Waals surface area (Å²) in [5.74, 6) is 0.726. The summed E-state index contributed by atoms with van der Waals surface area (Å²) in [7, 11) is 0. The van der Waals surface area contributed by atoms with Crippen LogP contribution in [-0.4, -0.2) is 59.5 Å². The van der Waals surface area contributed by atoms with Crippen LogP contribution in [-0.2, 0) is 0 Å². The van der Waals surface area contributed by atoms with Crippen molar-refractivity contribution in [2.75, 3.05) is 26.2 Å². The standard InChI is InChI=1S/C24H36N2O2/c1-2-19(12-18-6-4-3-5-7-18)22-13-23(22)25-20-14-24(15-20)8-10-26(11-9-24)16-21(28)17-27/h3-7,12,20-23,25,27-28H,2,8-11,13-17H2,1H3/b19-12+/t21-,22-,23+/m1/s1. The van der Waals surface area contributed by atoms with Crippen LogP contribution in [0.1, 0.15) is 51.0 Å². The van der Waals surface area contributed by atoms with Crippen molar-refractivity contribution in [3.05, 3.63) is 41.5 Å². The average Bonchev–Trinajstić information content (AvgIpc) is 3.46. The van der Waals surface area contributed by atoms with E-state index in [1.807, 2.05) is 0 Å². The molecular formula is C24H36N2O2. The number of benzene rings is 1. The van der Waals surface area contributed by atoms with Gasteiger partial charge in [-0.3, -0.25) is 0 Å². The maximum Gasteiger partial charge on any atom is 0.0897 e. The molecule has 1 aromatic rings. The van der Waals surface area contributed by atoms with Gasteiger partial charge in [0, 0.05) is 18.6 Å². The smallest absolute Gasteiger partial charge is 0.0897 e. The molecular weight excluding hydrogens is 348 g/mol. The highest BCUT2D eigenvalue weighted by molar-refractivity contribution is 5.54. The summed E-state index contributed by atoms with van der Waals surface area (Å²) in [6.45, 7) is 4.90. The first-order chi connectivity index (χ1) is 13.6. The van der Waals surface area contributed by atoms with Gasteiger partial charge >= 0.3 is 0 Å². The molecule has 0 unspecified atom stereocenters. The molecule has 0 amide bonds. The highest BCUT2D eigenvalue weighted by atomic mass is 16.3. The number of aliphatic hydroxyl groups excluding tert-OH is 2. The van der Waals surface area contributed by atoms with E-state index < -0.39 is 6.10 Å². The van der Waals surface area contributed by atoms with Crippen LogP contribution in [0.2, 0.25) is 0 Å². The van der Waals surface area contributed by atoms with Crippen LogP contribution in [0.15, 0.2) is 35.9 Å². The summed E-state index contributed by atoms with van der Waals surface area (Å²) in [5.41, 5.74) is 3.45. The van der Waals surface area contributed by atoms with Crippen molar-refractivity contribution in [2.45, 2.75) is 63.6 Å². The predicted molar refractivity (Wildman–Crippen MR) is 114 cm³/mol. The van der Waals surface area contributed by atoms with Gasteiger partial charge in [0.2, 0.25) is 0 Å². The van der Waals surface area contributed by atoms with Crippen LogP contribution in [0.3, 0.4) is 0 Å². The molecule has 3 N–H and O–H groups in total. The third-order valence-electron chi connectivity index (χ3n) is 7.23. The fourth-order valence-electron chi connectivity index (χ4n) is 5.40. The van der Waals surface area contributed by atoms with E-state index in [0.717, 1.165) is 25.4 Å². The first kappa shape index (κ1) is 20.1. The molecule has 1 heterocycles. The van der Waals surface area contributed by atoms with Gasteiger partial charge in [0.25, 0.3) is 0 Å². The third-order valence-corrected chi connectivity index (χ3v) is 7.23. The quantitative estimate of drug-likeness (QED) is 0.645. The lowest BCUT2D eigenvalue weighted by Gasteiger charge is -2.53. The van der Waals surface area contributed by atoms with Gasteiger partial charge in [-0.05, 0) is 68.5 Å². The topological polar surface area (TPSA) is 55.7 Å². The van der Waals surface area contributed by atoms with Gasteiger partial charge in [-0.2, -0.15) is 0 Å². The Morgan fingerprint density at radius 2 is 1.96 bits per heavy atom. The van der Waals surface area contributed by atoms with Crippen molar-refractivity contribution in [3.8, 4) is 0 Å². The normalized spacial score (nSPS) is 28.9. The molecule has 2 saturated carbocycles. The Kier molecular flexibility index (Phi) is 6.21. The van der Waals surface area contributed by atoms with Gasteiger partial charge in [0.05, 0.1) is 12.7 Å². The van der Waals surface area contributed by atoms with E-state index in [1.165, 1.54) is 37.7 Å². The molecule has 3 aliphatic rings. The molecule has 1 aromatic carbocycles. The van der Waals surface area contributed by atoms with Crippen LogP contribution in [0.25, 0.3) is 6.08 Å². The Hall–Kier alpha value is -1.20. The fourth-order valence-corrected chi connectivity index (χ4v) is 5.40.